The highest BCUT2D eigenvalue weighted by molar-refractivity contribution is 5.91. The lowest BCUT2D eigenvalue weighted by molar-refractivity contribution is 0.0923. The van der Waals surface area contributed by atoms with Gasteiger partial charge in [0.2, 0.25) is 0 Å². The number of nitrogens with zero attached hydrogens (tertiary/aromatic N) is 1. The maximum atomic E-state index is 11.8. The number of aromatic amines is 1. The summed E-state index contributed by atoms with van der Waals surface area (Å²) in [4.78, 5) is 23.4. The van der Waals surface area contributed by atoms with E-state index in [2.05, 4.69) is 15.5 Å². The van der Waals surface area contributed by atoms with Crippen LogP contribution >= 0.6 is 0 Å². The first-order valence-corrected chi connectivity index (χ1v) is 6.04. The van der Waals surface area contributed by atoms with Crippen LogP contribution in [0, 0.1) is 0 Å². The fourth-order valence-electron chi connectivity index (χ4n) is 1.97. The number of benzene rings is 1. The van der Waals surface area contributed by atoms with Crippen LogP contribution in [-0.4, -0.2) is 16.1 Å². The number of aromatic nitrogens is 2. The maximum absolute atomic E-state index is 11.8. The van der Waals surface area contributed by atoms with Gasteiger partial charge in [0.05, 0.1) is 23.9 Å². The first-order chi connectivity index (χ1) is 9.75. The lowest BCUT2D eigenvalue weighted by Crippen LogP contribution is -2.24. The molecule has 0 spiro atoms. The van der Waals surface area contributed by atoms with Crippen molar-refractivity contribution in [3.05, 3.63) is 64.5 Å². The second-order valence-electron chi connectivity index (χ2n) is 4.20. The van der Waals surface area contributed by atoms with Crippen molar-refractivity contribution in [2.45, 2.75) is 6.54 Å². The van der Waals surface area contributed by atoms with Crippen molar-refractivity contribution in [2.75, 3.05) is 0 Å². The van der Waals surface area contributed by atoms with Crippen molar-refractivity contribution >= 4 is 16.7 Å². The first-order valence-electron chi connectivity index (χ1n) is 6.04. The fraction of sp³-hybridized carbons (Fsp3) is 0.0714. The number of rotatable bonds is 3. The molecule has 0 aliphatic heterocycles. The summed E-state index contributed by atoms with van der Waals surface area (Å²) in [6.07, 6.45) is 1.43. The van der Waals surface area contributed by atoms with Gasteiger partial charge in [-0.05, 0) is 18.2 Å². The Morgan fingerprint density at radius 1 is 1.20 bits per heavy atom. The predicted molar refractivity (Wildman–Crippen MR) is 72.2 cm³/mol. The summed E-state index contributed by atoms with van der Waals surface area (Å²) >= 11 is 0. The normalized spacial score (nSPS) is 10.6. The number of fused-ring (bicyclic) bond motifs is 1. The molecule has 2 heterocycles. The minimum atomic E-state index is -0.327. The number of furan rings is 1. The molecule has 0 atom stereocenters. The molecule has 0 unspecified atom stereocenters. The zero-order valence-corrected chi connectivity index (χ0v) is 10.4. The van der Waals surface area contributed by atoms with E-state index in [4.69, 9.17) is 4.42 Å². The Hall–Kier alpha value is -2.89. The average Bonchev–Trinajstić information content (AvgIpc) is 3.01. The molecule has 1 amide bonds. The van der Waals surface area contributed by atoms with Gasteiger partial charge in [-0.1, -0.05) is 18.2 Å². The lowest BCUT2D eigenvalue weighted by atomic mass is 10.1. The second-order valence-corrected chi connectivity index (χ2v) is 4.20. The zero-order valence-electron chi connectivity index (χ0n) is 10.4. The van der Waals surface area contributed by atoms with Crippen LogP contribution < -0.4 is 10.9 Å². The Morgan fingerprint density at radius 3 is 2.75 bits per heavy atom. The van der Waals surface area contributed by atoms with Crippen LogP contribution in [0.2, 0.25) is 0 Å². The molecule has 100 valence electrons. The lowest BCUT2D eigenvalue weighted by Gasteiger charge is -2.05. The number of carbonyl (C=O) groups is 1. The molecule has 0 fully saturated rings. The molecule has 2 aromatic heterocycles. The highest BCUT2D eigenvalue weighted by Crippen LogP contribution is 2.12. The quantitative estimate of drug-likeness (QED) is 0.753. The molecule has 1 aromatic carbocycles. The van der Waals surface area contributed by atoms with E-state index in [1.54, 1.807) is 30.3 Å². The topological polar surface area (TPSA) is 88.0 Å². The van der Waals surface area contributed by atoms with Gasteiger partial charge in [0, 0.05) is 5.39 Å². The van der Waals surface area contributed by atoms with E-state index < -0.39 is 0 Å². The van der Waals surface area contributed by atoms with Crippen LogP contribution in [-0.2, 0) is 6.54 Å². The van der Waals surface area contributed by atoms with Crippen LogP contribution in [0.3, 0.4) is 0 Å². The minimum Gasteiger partial charge on any atom is -0.459 e. The monoisotopic (exact) mass is 269 g/mol. The third kappa shape index (κ3) is 2.18. The Balaban J connectivity index is 1.87. The van der Waals surface area contributed by atoms with Gasteiger partial charge >= 0.3 is 0 Å². The van der Waals surface area contributed by atoms with E-state index in [1.807, 2.05) is 6.07 Å². The summed E-state index contributed by atoms with van der Waals surface area (Å²) in [7, 11) is 0. The Bertz CT molecular complexity index is 806. The van der Waals surface area contributed by atoms with Crippen LogP contribution in [0.5, 0.6) is 0 Å². The summed E-state index contributed by atoms with van der Waals surface area (Å²) in [5, 5.41) is 10.4. The van der Waals surface area contributed by atoms with Crippen molar-refractivity contribution in [3.63, 3.8) is 0 Å². The number of carbonyl (C=O) groups excluding carboxylic acids is 1. The van der Waals surface area contributed by atoms with E-state index >= 15 is 0 Å². The van der Waals surface area contributed by atoms with Gasteiger partial charge in [-0.3, -0.25) is 9.59 Å². The van der Waals surface area contributed by atoms with E-state index in [0.717, 1.165) is 5.39 Å². The fourth-order valence-corrected chi connectivity index (χ4v) is 1.97. The van der Waals surface area contributed by atoms with Gasteiger partial charge in [0.1, 0.15) is 0 Å². The molecule has 0 radical (unpaired) electrons. The molecule has 6 heteroatoms. The van der Waals surface area contributed by atoms with E-state index in [9.17, 15) is 9.59 Å². The van der Waals surface area contributed by atoms with Gasteiger partial charge in [0.15, 0.2) is 5.76 Å². The zero-order chi connectivity index (χ0) is 13.9. The smallest absolute Gasteiger partial charge is 0.287 e. The number of nitrogens with one attached hydrogen (secondary N) is 2. The van der Waals surface area contributed by atoms with Gasteiger partial charge in [-0.25, -0.2) is 5.10 Å². The molecule has 20 heavy (non-hydrogen) atoms. The summed E-state index contributed by atoms with van der Waals surface area (Å²) in [6.45, 7) is 0.205. The number of hydrogen-bond acceptors (Lipinski definition) is 4. The molecule has 0 bridgehead atoms. The number of H-pyrrole nitrogens is 1. The summed E-state index contributed by atoms with van der Waals surface area (Å²) < 4.78 is 5.00. The van der Waals surface area contributed by atoms with Crippen LogP contribution in [0.15, 0.2) is 51.9 Å². The SMILES string of the molecule is O=C(NCc1n[nH]c(=O)c2ccccc12)c1ccco1. The van der Waals surface area contributed by atoms with Gasteiger partial charge in [-0.2, -0.15) is 5.10 Å². The Kier molecular flexibility index (Phi) is 3.04. The average molecular weight is 269 g/mol. The maximum Gasteiger partial charge on any atom is 0.287 e. The highest BCUT2D eigenvalue weighted by Gasteiger charge is 2.10. The second kappa shape index (κ2) is 5.00. The summed E-state index contributed by atoms with van der Waals surface area (Å²) in [5.41, 5.74) is 0.349. The van der Waals surface area contributed by atoms with Crippen LogP contribution in [0.25, 0.3) is 10.8 Å². The minimum absolute atomic E-state index is 0.205. The third-order valence-corrected chi connectivity index (χ3v) is 2.94. The molecule has 0 saturated heterocycles. The molecule has 3 aromatic rings. The standard InChI is InChI=1S/C14H11N3O3/c18-13-10-5-2-1-4-9(10)11(16-17-13)8-15-14(19)12-6-3-7-20-12/h1-7H,8H2,(H,15,19)(H,17,18). The molecule has 3 rings (SSSR count). The number of amides is 1. The van der Waals surface area contributed by atoms with Crippen molar-refractivity contribution < 1.29 is 9.21 Å². The van der Waals surface area contributed by atoms with Crippen molar-refractivity contribution in [1.82, 2.24) is 15.5 Å². The molecular weight excluding hydrogens is 258 g/mol. The summed E-state index contributed by atoms with van der Waals surface area (Å²) in [6, 6.07) is 10.3. The van der Waals surface area contributed by atoms with E-state index in [-0.39, 0.29) is 23.8 Å². The van der Waals surface area contributed by atoms with Gasteiger partial charge in [-0.15, -0.1) is 0 Å². The molecule has 2 N–H and O–H groups in total. The first kappa shape index (κ1) is 12.2. The van der Waals surface area contributed by atoms with Gasteiger partial charge in [0.25, 0.3) is 11.5 Å². The van der Waals surface area contributed by atoms with Gasteiger partial charge < -0.3 is 9.73 Å². The molecule has 0 saturated carbocycles. The molecule has 0 aliphatic rings. The van der Waals surface area contributed by atoms with Crippen molar-refractivity contribution in [2.24, 2.45) is 0 Å². The largest absolute Gasteiger partial charge is 0.459 e. The Labute approximate surface area is 113 Å². The molecule has 0 aliphatic carbocycles. The van der Waals surface area contributed by atoms with Crippen molar-refractivity contribution in [3.8, 4) is 0 Å². The highest BCUT2D eigenvalue weighted by atomic mass is 16.3. The predicted octanol–water partition coefficient (Wildman–Crippen LogP) is 1.45. The van der Waals surface area contributed by atoms with E-state index in [0.29, 0.717) is 11.1 Å². The van der Waals surface area contributed by atoms with Crippen LogP contribution in [0.1, 0.15) is 16.2 Å². The summed E-state index contributed by atoms with van der Waals surface area (Å²) in [5.74, 6) is -0.0918. The molecule has 6 nitrogen and oxygen atoms in total. The molecular formula is C14H11N3O3. The third-order valence-electron chi connectivity index (χ3n) is 2.94. The van der Waals surface area contributed by atoms with Crippen LogP contribution in [0.4, 0.5) is 0 Å². The van der Waals surface area contributed by atoms with E-state index in [1.165, 1.54) is 6.26 Å². The number of hydrogen-bond donors (Lipinski definition) is 2. The van der Waals surface area contributed by atoms with Crippen molar-refractivity contribution in [1.29, 1.82) is 0 Å². The Morgan fingerprint density at radius 2 is 2.00 bits per heavy atom.